The summed E-state index contributed by atoms with van der Waals surface area (Å²) in [5.41, 5.74) is 4.73. The molecule has 0 bridgehead atoms. The Kier molecular flexibility index (Phi) is 7.38. The molecule has 0 aliphatic carbocycles. The van der Waals surface area contributed by atoms with Crippen LogP contribution >= 0.6 is 0 Å². The van der Waals surface area contributed by atoms with Crippen LogP contribution in [-0.2, 0) is 11.2 Å². The lowest BCUT2D eigenvalue weighted by Gasteiger charge is -2.31. The van der Waals surface area contributed by atoms with Gasteiger partial charge in [-0.25, -0.2) is 19.1 Å². The molecule has 14 heteroatoms. The molecule has 5 rings (SSSR count). The third kappa shape index (κ3) is 5.69. The first-order valence-corrected chi connectivity index (χ1v) is 11.4. The van der Waals surface area contributed by atoms with Crippen LogP contribution in [0.5, 0.6) is 5.75 Å². The quantitative estimate of drug-likeness (QED) is 0.481. The number of carboxylic acids is 1. The average Bonchev–Trinajstić information content (AvgIpc) is 3.46. The highest BCUT2D eigenvalue weighted by Crippen LogP contribution is 2.35. The first-order valence-electron chi connectivity index (χ1n) is 11.4. The number of alkyl halides is 3. The van der Waals surface area contributed by atoms with E-state index >= 15 is 0 Å². The van der Waals surface area contributed by atoms with Crippen LogP contribution in [0.2, 0.25) is 0 Å². The van der Waals surface area contributed by atoms with Crippen LogP contribution in [0.25, 0.3) is 5.52 Å². The van der Waals surface area contributed by atoms with Gasteiger partial charge in [0.05, 0.1) is 30.2 Å². The van der Waals surface area contributed by atoms with Gasteiger partial charge in [0.2, 0.25) is 0 Å². The molecule has 0 atom stereocenters. The Morgan fingerprint density at radius 1 is 1.19 bits per heavy atom. The Morgan fingerprint density at radius 3 is 2.54 bits per heavy atom. The largest absolute Gasteiger partial charge is 0.493 e. The van der Waals surface area contributed by atoms with E-state index in [4.69, 9.17) is 14.6 Å². The molecule has 0 saturated carbocycles. The predicted molar refractivity (Wildman–Crippen MR) is 130 cm³/mol. The van der Waals surface area contributed by atoms with E-state index in [9.17, 15) is 18.0 Å². The summed E-state index contributed by atoms with van der Waals surface area (Å²) >= 11 is 0. The van der Waals surface area contributed by atoms with Crippen molar-refractivity contribution in [3.8, 4) is 5.75 Å². The van der Waals surface area contributed by atoms with Gasteiger partial charge < -0.3 is 25.4 Å². The number of methoxy groups -OCH3 is 1. The Morgan fingerprint density at radius 2 is 1.89 bits per heavy atom. The van der Waals surface area contributed by atoms with Gasteiger partial charge in [0, 0.05) is 50.2 Å². The van der Waals surface area contributed by atoms with Crippen LogP contribution in [0.3, 0.4) is 0 Å². The molecule has 3 aromatic rings. The van der Waals surface area contributed by atoms with Crippen molar-refractivity contribution in [2.24, 2.45) is 0 Å². The molecule has 0 aromatic carbocycles. The van der Waals surface area contributed by atoms with Gasteiger partial charge in [0.1, 0.15) is 5.82 Å². The third-order valence-corrected chi connectivity index (χ3v) is 5.94. The standard InChI is InChI=1S/C21H25N7O2.C2HF3O2/c1-14-11-15-12-17(19(30-2)13-28(15)25-14)24-21(29)27-8-4-16-18(3-5-23-20(16)27)26-9-6-22-7-10-26;3-2(4,5)1(6)7/h3,5,11-13,22H,4,6-10H2,1-2H3,(H,24,29);(H,6,7). The molecule has 1 fully saturated rings. The number of aromatic nitrogens is 3. The molecule has 11 nitrogen and oxygen atoms in total. The van der Waals surface area contributed by atoms with Gasteiger partial charge in [-0.3, -0.25) is 4.90 Å². The van der Waals surface area contributed by atoms with E-state index in [0.29, 0.717) is 18.0 Å². The number of hydrogen-bond acceptors (Lipinski definition) is 7. The van der Waals surface area contributed by atoms with Crippen molar-refractivity contribution in [1.29, 1.82) is 0 Å². The maximum atomic E-state index is 13.1. The topological polar surface area (TPSA) is 124 Å². The Bertz CT molecular complexity index is 1310. The van der Waals surface area contributed by atoms with Crippen LogP contribution < -0.4 is 25.2 Å². The lowest BCUT2D eigenvalue weighted by atomic mass is 10.1. The summed E-state index contributed by atoms with van der Waals surface area (Å²) in [5, 5.41) is 17.9. The smallest absolute Gasteiger partial charge is 0.490 e. The van der Waals surface area contributed by atoms with Gasteiger partial charge in [0.25, 0.3) is 0 Å². The predicted octanol–water partition coefficient (Wildman–Crippen LogP) is 2.68. The number of halogens is 3. The second-order valence-corrected chi connectivity index (χ2v) is 8.41. The molecular formula is C23H26F3N7O4. The summed E-state index contributed by atoms with van der Waals surface area (Å²) in [6, 6.07) is 5.68. The molecule has 2 aliphatic rings. The van der Waals surface area contributed by atoms with Crippen molar-refractivity contribution >= 4 is 34.7 Å². The minimum atomic E-state index is -5.08. The van der Waals surface area contributed by atoms with E-state index in [1.807, 2.05) is 19.1 Å². The van der Waals surface area contributed by atoms with E-state index in [-0.39, 0.29) is 6.03 Å². The number of carbonyl (C=O) groups excluding carboxylic acids is 1. The maximum Gasteiger partial charge on any atom is 0.490 e. The number of amides is 2. The number of piperazine rings is 1. The van der Waals surface area contributed by atoms with Crippen molar-refractivity contribution < 1.29 is 32.6 Å². The highest BCUT2D eigenvalue weighted by Gasteiger charge is 2.38. The van der Waals surface area contributed by atoms with Crippen LogP contribution in [-0.4, -0.2) is 77.7 Å². The Labute approximate surface area is 209 Å². The monoisotopic (exact) mass is 521 g/mol. The number of nitrogens with one attached hydrogen (secondary N) is 2. The molecule has 1 saturated heterocycles. The Hall–Kier alpha value is -4.07. The maximum absolute atomic E-state index is 13.1. The molecule has 3 aromatic heterocycles. The first-order chi connectivity index (χ1) is 17.6. The zero-order chi connectivity index (χ0) is 26.7. The minimum absolute atomic E-state index is 0.211. The molecule has 37 heavy (non-hydrogen) atoms. The molecule has 0 spiro atoms. The fourth-order valence-electron chi connectivity index (χ4n) is 4.26. The van der Waals surface area contributed by atoms with E-state index in [2.05, 4.69) is 31.7 Å². The number of fused-ring (bicyclic) bond motifs is 2. The number of pyridine rings is 2. The fourth-order valence-corrected chi connectivity index (χ4v) is 4.26. The highest BCUT2D eigenvalue weighted by molar-refractivity contribution is 6.04. The number of aliphatic carboxylic acids is 1. The fraction of sp³-hybridized carbons (Fsp3) is 0.391. The van der Waals surface area contributed by atoms with Gasteiger partial charge in [-0.1, -0.05) is 0 Å². The summed E-state index contributed by atoms with van der Waals surface area (Å²) in [6.07, 6.45) is -0.714. The summed E-state index contributed by atoms with van der Waals surface area (Å²) < 4.78 is 39.0. The van der Waals surface area contributed by atoms with Gasteiger partial charge in [-0.2, -0.15) is 18.3 Å². The lowest BCUT2D eigenvalue weighted by Crippen LogP contribution is -2.43. The number of carboxylic acid groups (broad SMARTS) is 1. The van der Waals surface area contributed by atoms with Crippen molar-refractivity contribution in [3.05, 3.63) is 41.9 Å². The number of nitrogens with zero attached hydrogens (tertiary/aromatic N) is 5. The molecule has 5 heterocycles. The third-order valence-electron chi connectivity index (χ3n) is 5.94. The zero-order valence-corrected chi connectivity index (χ0v) is 20.2. The number of hydrogen-bond donors (Lipinski definition) is 3. The Balaban J connectivity index is 0.000000405. The SMILES string of the molecule is COc1cn2nc(C)cc2cc1NC(=O)N1CCc2c(N3CCNCC3)ccnc21.O=C(O)C(F)(F)F. The van der Waals surface area contributed by atoms with Gasteiger partial charge >= 0.3 is 18.2 Å². The molecule has 3 N–H and O–H groups in total. The van der Waals surface area contributed by atoms with Crippen LogP contribution in [0.15, 0.2) is 30.6 Å². The van der Waals surface area contributed by atoms with Gasteiger partial charge in [-0.15, -0.1) is 0 Å². The van der Waals surface area contributed by atoms with Crippen molar-refractivity contribution in [2.75, 3.05) is 55.0 Å². The van der Waals surface area contributed by atoms with Crippen molar-refractivity contribution in [2.45, 2.75) is 19.5 Å². The number of aryl methyl sites for hydroxylation is 1. The number of urea groups is 1. The van der Waals surface area contributed by atoms with E-state index < -0.39 is 12.1 Å². The van der Waals surface area contributed by atoms with Gasteiger partial charge in [-0.05, 0) is 31.5 Å². The number of carbonyl (C=O) groups is 2. The molecule has 2 aliphatic heterocycles. The van der Waals surface area contributed by atoms with Gasteiger partial charge in [0.15, 0.2) is 5.75 Å². The summed E-state index contributed by atoms with van der Waals surface area (Å²) in [7, 11) is 1.58. The average molecular weight is 522 g/mol. The zero-order valence-electron chi connectivity index (χ0n) is 20.2. The lowest BCUT2D eigenvalue weighted by molar-refractivity contribution is -0.192. The molecular weight excluding hydrogens is 495 g/mol. The molecule has 0 radical (unpaired) electrons. The highest BCUT2D eigenvalue weighted by atomic mass is 19.4. The summed E-state index contributed by atoms with van der Waals surface area (Å²) in [4.78, 5) is 30.7. The van der Waals surface area contributed by atoms with Crippen molar-refractivity contribution in [3.63, 3.8) is 0 Å². The first kappa shape index (κ1) is 26.0. The number of rotatable bonds is 3. The second kappa shape index (κ2) is 10.5. The minimum Gasteiger partial charge on any atom is -0.493 e. The van der Waals surface area contributed by atoms with Crippen molar-refractivity contribution in [1.82, 2.24) is 19.9 Å². The number of ether oxygens (including phenoxy) is 1. The van der Waals surface area contributed by atoms with E-state index in [1.54, 1.807) is 28.9 Å². The summed E-state index contributed by atoms with van der Waals surface area (Å²) in [5.74, 6) is -1.46. The van der Waals surface area contributed by atoms with Crippen LogP contribution in [0.1, 0.15) is 11.3 Å². The second-order valence-electron chi connectivity index (χ2n) is 8.41. The van der Waals surface area contributed by atoms with Crippen LogP contribution in [0.4, 0.5) is 35.2 Å². The number of anilines is 3. The molecule has 198 valence electrons. The van der Waals surface area contributed by atoms with Crippen LogP contribution in [0, 0.1) is 6.92 Å². The van der Waals surface area contributed by atoms with E-state index in [0.717, 1.165) is 55.2 Å². The molecule has 2 amide bonds. The summed E-state index contributed by atoms with van der Waals surface area (Å²) in [6.45, 7) is 6.40. The molecule has 0 unspecified atom stereocenters. The normalized spacial score (nSPS) is 15.2. The van der Waals surface area contributed by atoms with E-state index in [1.165, 1.54) is 5.69 Å².